The fourth-order valence-electron chi connectivity index (χ4n) is 2.21. The molecule has 0 aliphatic carbocycles. The molecule has 0 radical (unpaired) electrons. The van der Waals surface area contributed by atoms with Crippen molar-refractivity contribution in [1.82, 2.24) is 10.2 Å². The third kappa shape index (κ3) is 3.83. The highest BCUT2D eigenvalue weighted by Crippen LogP contribution is 2.23. The lowest BCUT2D eigenvalue weighted by atomic mass is 10.1. The fraction of sp³-hybridized carbons (Fsp3) is 0.462. The van der Waals surface area contributed by atoms with Gasteiger partial charge in [-0.25, -0.2) is 0 Å². The number of nitrogens with two attached hydrogens (primary N) is 1. The van der Waals surface area contributed by atoms with Gasteiger partial charge in [0.15, 0.2) is 0 Å². The Labute approximate surface area is 118 Å². The van der Waals surface area contributed by atoms with E-state index in [0.717, 1.165) is 39.3 Å². The number of hydrogen-bond donors (Lipinski definition) is 3. The average Bonchev–Trinajstić information content (AvgIpc) is 2.39. The minimum absolute atomic E-state index is 0.365. The number of nitrogens with one attached hydrogen (secondary N) is 2. The topological polar surface area (TPSA) is 70.4 Å². The summed E-state index contributed by atoms with van der Waals surface area (Å²) in [4.78, 5) is 13.8. The molecular weight excluding hydrogens is 264 g/mol. The molecule has 0 saturated carbocycles. The van der Waals surface area contributed by atoms with E-state index in [1.54, 1.807) is 6.07 Å². The van der Waals surface area contributed by atoms with Crippen LogP contribution in [0.4, 0.5) is 5.69 Å². The quantitative estimate of drug-likeness (QED) is 0.746. The maximum absolute atomic E-state index is 11.4. The summed E-state index contributed by atoms with van der Waals surface area (Å²) in [5.74, 6) is -0.504. The zero-order chi connectivity index (χ0) is 13.7. The lowest BCUT2D eigenvalue weighted by Crippen LogP contribution is -2.45. The Kier molecular flexibility index (Phi) is 5.01. The first-order valence-corrected chi connectivity index (χ1v) is 6.81. The van der Waals surface area contributed by atoms with E-state index in [0.29, 0.717) is 16.3 Å². The maximum atomic E-state index is 11.4. The van der Waals surface area contributed by atoms with Crippen LogP contribution in [0.1, 0.15) is 10.4 Å². The number of anilines is 1. The number of primary amides is 1. The third-order valence-corrected chi connectivity index (χ3v) is 3.53. The van der Waals surface area contributed by atoms with Gasteiger partial charge in [-0.3, -0.25) is 9.69 Å². The van der Waals surface area contributed by atoms with Crippen molar-refractivity contribution in [3.05, 3.63) is 28.8 Å². The van der Waals surface area contributed by atoms with Crippen molar-refractivity contribution in [1.29, 1.82) is 0 Å². The molecule has 1 heterocycles. The smallest absolute Gasteiger partial charge is 0.252 e. The molecule has 1 amide bonds. The number of carbonyl (C=O) groups excluding carboxylic acids is 1. The van der Waals surface area contributed by atoms with Crippen LogP contribution < -0.4 is 16.4 Å². The molecule has 1 fully saturated rings. The monoisotopic (exact) mass is 282 g/mol. The second-order valence-corrected chi connectivity index (χ2v) is 4.95. The summed E-state index contributed by atoms with van der Waals surface area (Å²) in [5, 5.41) is 6.94. The summed E-state index contributed by atoms with van der Waals surface area (Å²) in [5.41, 5.74) is 6.42. The largest absolute Gasteiger partial charge is 0.383 e. The second-order valence-electron chi connectivity index (χ2n) is 4.55. The number of amides is 1. The van der Waals surface area contributed by atoms with Gasteiger partial charge in [0.2, 0.25) is 0 Å². The van der Waals surface area contributed by atoms with Crippen molar-refractivity contribution in [2.75, 3.05) is 44.6 Å². The molecule has 0 atom stereocenters. The highest BCUT2D eigenvalue weighted by Gasteiger charge is 2.13. The van der Waals surface area contributed by atoms with E-state index in [2.05, 4.69) is 15.5 Å². The Morgan fingerprint density at radius 3 is 2.84 bits per heavy atom. The van der Waals surface area contributed by atoms with Gasteiger partial charge < -0.3 is 16.4 Å². The molecule has 1 aliphatic heterocycles. The standard InChI is InChI=1S/C13H19ClN4O/c14-10-2-1-3-11(12(10)13(15)19)17-6-9-18-7-4-16-5-8-18/h1-3,16-17H,4-9H2,(H2,15,19). The first kappa shape index (κ1) is 14.1. The van der Waals surface area contributed by atoms with E-state index in [1.165, 1.54) is 0 Å². The maximum Gasteiger partial charge on any atom is 0.252 e. The molecule has 5 nitrogen and oxygen atoms in total. The summed E-state index contributed by atoms with van der Waals surface area (Å²) in [6, 6.07) is 5.30. The van der Waals surface area contributed by atoms with Crippen LogP contribution in [0.2, 0.25) is 5.02 Å². The van der Waals surface area contributed by atoms with Gasteiger partial charge in [-0.2, -0.15) is 0 Å². The molecule has 1 aromatic carbocycles. The molecule has 1 saturated heterocycles. The highest BCUT2D eigenvalue weighted by molar-refractivity contribution is 6.34. The van der Waals surface area contributed by atoms with E-state index >= 15 is 0 Å². The Morgan fingerprint density at radius 1 is 1.42 bits per heavy atom. The minimum Gasteiger partial charge on any atom is -0.383 e. The number of hydrogen-bond acceptors (Lipinski definition) is 4. The minimum atomic E-state index is -0.504. The third-order valence-electron chi connectivity index (χ3n) is 3.21. The lowest BCUT2D eigenvalue weighted by Gasteiger charge is -2.27. The van der Waals surface area contributed by atoms with Crippen LogP contribution in [0.15, 0.2) is 18.2 Å². The normalized spacial score (nSPS) is 16.3. The van der Waals surface area contributed by atoms with Crippen LogP contribution in [-0.4, -0.2) is 50.1 Å². The number of rotatable bonds is 5. The van der Waals surface area contributed by atoms with Gasteiger partial charge in [0, 0.05) is 45.0 Å². The first-order chi connectivity index (χ1) is 9.18. The Balaban J connectivity index is 1.92. The number of halogens is 1. The predicted molar refractivity (Wildman–Crippen MR) is 77.8 cm³/mol. The Bertz CT molecular complexity index is 446. The van der Waals surface area contributed by atoms with Gasteiger partial charge in [-0.1, -0.05) is 17.7 Å². The Hall–Kier alpha value is -1.30. The van der Waals surface area contributed by atoms with Crippen LogP contribution in [-0.2, 0) is 0 Å². The van der Waals surface area contributed by atoms with Crippen LogP contribution in [0.25, 0.3) is 0 Å². The van der Waals surface area contributed by atoms with Crippen molar-refractivity contribution in [2.24, 2.45) is 5.73 Å². The fourth-order valence-corrected chi connectivity index (χ4v) is 2.47. The summed E-state index contributed by atoms with van der Waals surface area (Å²) in [6.07, 6.45) is 0. The Morgan fingerprint density at radius 2 is 2.16 bits per heavy atom. The molecule has 6 heteroatoms. The molecule has 4 N–H and O–H groups in total. The number of carbonyl (C=O) groups is 1. The summed E-state index contributed by atoms with van der Waals surface area (Å²) < 4.78 is 0. The van der Waals surface area contributed by atoms with E-state index in [-0.39, 0.29) is 0 Å². The first-order valence-electron chi connectivity index (χ1n) is 6.44. The summed E-state index contributed by atoms with van der Waals surface area (Å²) >= 11 is 5.99. The van der Waals surface area contributed by atoms with Gasteiger partial charge in [0.05, 0.1) is 10.6 Å². The molecular formula is C13H19ClN4O. The van der Waals surface area contributed by atoms with Crippen molar-refractivity contribution in [3.8, 4) is 0 Å². The van der Waals surface area contributed by atoms with Gasteiger partial charge in [0.1, 0.15) is 0 Å². The molecule has 2 rings (SSSR count). The predicted octanol–water partition coefficient (Wildman–Crippen LogP) is 0.756. The van der Waals surface area contributed by atoms with Gasteiger partial charge in [-0.15, -0.1) is 0 Å². The van der Waals surface area contributed by atoms with E-state index in [1.807, 2.05) is 12.1 Å². The van der Waals surface area contributed by atoms with Gasteiger partial charge >= 0.3 is 0 Å². The highest BCUT2D eigenvalue weighted by atomic mass is 35.5. The van der Waals surface area contributed by atoms with Gasteiger partial charge in [0.25, 0.3) is 5.91 Å². The van der Waals surface area contributed by atoms with Crippen LogP contribution in [0, 0.1) is 0 Å². The van der Waals surface area contributed by atoms with E-state index in [4.69, 9.17) is 17.3 Å². The van der Waals surface area contributed by atoms with Crippen LogP contribution in [0.3, 0.4) is 0 Å². The van der Waals surface area contributed by atoms with E-state index in [9.17, 15) is 4.79 Å². The van der Waals surface area contributed by atoms with Crippen molar-refractivity contribution >= 4 is 23.2 Å². The number of nitrogens with zero attached hydrogens (tertiary/aromatic N) is 1. The molecule has 1 aromatic rings. The van der Waals surface area contributed by atoms with Crippen molar-refractivity contribution in [3.63, 3.8) is 0 Å². The number of benzene rings is 1. The van der Waals surface area contributed by atoms with Crippen molar-refractivity contribution < 1.29 is 4.79 Å². The molecule has 0 spiro atoms. The second kappa shape index (κ2) is 6.75. The SMILES string of the molecule is NC(=O)c1c(Cl)cccc1NCCN1CCNCC1. The lowest BCUT2D eigenvalue weighted by molar-refractivity contribution is 0.100. The molecule has 104 valence electrons. The van der Waals surface area contributed by atoms with Gasteiger partial charge in [-0.05, 0) is 12.1 Å². The van der Waals surface area contributed by atoms with Crippen molar-refractivity contribution in [2.45, 2.75) is 0 Å². The molecule has 1 aliphatic rings. The van der Waals surface area contributed by atoms with E-state index < -0.39 is 5.91 Å². The number of piperazine rings is 1. The van der Waals surface area contributed by atoms with Crippen LogP contribution >= 0.6 is 11.6 Å². The molecule has 0 unspecified atom stereocenters. The molecule has 0 aromatic heterocycles. The van der Waals surface area contributed by atoms with Crippen LogP contribution in [0.5, 0.6) is 0 Å². The summed E-state index contributed by atoms with van der Waals surface area (Å²) in [7, 11) is 0. The molecule has 19 heavy (non-hydrogen) atoms. The average molecular weight is 283 g/mol. The zero-order valence-corrected chi connectivity index (χ0v) is 11.5. The summed E-state index contributed by atoms with van der Waals surface area (Å²) in [6.45, 7) is 5.88. The molecule has 0 bridgehead atoms. The zero-order valence-electron chi connectivity index (χ0n) is 10.8.